The molecule has 0 saturated heterocycles. The monoisotopic (exact) mass is 276 g/mol. The topological polar surface area (TPSA) is 51.5 Å². The fourth-order valence-corrected chi connectivity index (χ4v) is 1.85. The molecule has 0 amide bonds. The number of aromatic nitrogens is 1. The van der Waals surface area contributed by atoms with Crippen LogP contribution in [0.15, 0.2) is 71.6 Å². The van der Waals surface area contributed by atoms with Crippen molar-refractivity contribution in [2.75, 3.05) is 0 Å². The number of carbonyl (C=O) groups excluding carboxylic acids is 1. The predicted molar refractivity (Wildman–Crippen MR) is 81.2 cm³/mol. The number of pyridine rings is 1. The summed E-state index contributed by atoms with van der Waals surface area (Å²) in [7, 11) is 0. The highest BCUT2D eigenvalue weighted by Crippen LogP contribution is 2.16. The molecule has 0 bridgehead atoms. The van der Waals surface area contributed by atoms with Crippen molar-refractivity contribution in [1.82, 2.24) is 4.98 Å². The minimum absolute atomic E-state index is 0.274. The maximum absolute atomic E-state index is 11.7. The van der Waals surface area contributed by atoms with Gasteiger partial charge in [-0.05, 0) is 29.3 Å². The molecule has 2 heterocycles. The maximum Gasteiger partial charge on any atom is 0.363 e. The van der Waals surface area contributed by atoms with Crippen LogP contribution in [0.2, 0.25) is 0 Å². The van der Waals surface area contributed by atoms with Gasteiger partial charge in [0.25, 0.3) is 0 Å². The van der Waals surface area contributed by atoms with Crippen LogP contribution in [0, 0.1) is 0 Å². The van der Waals surface area contributed by atoms with E-state index in [1.807, 2.05) is 42.5 Å². The average Bonchev–Trinajstić information content (AvgIpc) is 2.87. The van der Waals surface area contributed by atoms with Crippen LogP contribution in [0.3, 0.4) is 0 Å². The molecule has 0 aliphatic carbocycles. The third-order valence-electron chi connectivity index (χ3n) is 2.84. The number of hydrogen-bond acceptors (Lipinski definition) is 4. The lowest BCUT2D eigenvalue weighted by atomic mass is 10.2. The molecule has 21 heavy (non-hydrogen) atoms. The summed E-state index contributed by atoms with van der Waals surface area (Å²) in [6, 6.07) is 13.4. The maximum atomic E-state index is 11.7. The van der Waals surface area contributed by atoms with Crippen LogP contribution >= 0.6 is 0 Å². The average molecular weight is 276 g/mol. The number of carbonyl (C=O) groups is 1. The molecule has 1 aliphatic heterocycles. The second kappa shape index (κ2) is 5.96. The van der Waals surface area contributed by atoms with E-state index in [1.54, 1.807) is 30.6 Å². The van der Waals surface area contributed by atoms with Crippen LogP contribution in [-0.2, 0) is 9.53 Å². The molecule has 0 spiro atoms. The summed E-state index contributed by atoms with van der Waals surface area (Å²) in [5.74, 6) is -0.162. The molecule has 4 nitrogen and oxygen atoms in total. The number of benzene rings is 1. The third-order valence-corrected chi connectivity index (χ3v) is 2.84. The minimum Gasteiger partial charge on any atom is -0.403 e. The van der Waals surface area contributed by atoms with Crippen molar-refractivity contribution in [1.29, 1.82) is 0 Å². The highest BCUT2D eigenvalue weighted by Gasteiger charge is 2.20. The zero-order chi connectivity index (χ0) is 14.5. The van der Waals surface area contributed by atoms with Crippen molar-refractivity contribution in [3.63, 3.8) is 0 Å². The van der Waals surface area contributed by atoms with Gasteiger partial charge < -0.3 is 4.74 Å². The van der Waals surface area contributed by atoms with Gasteiger partial charge in [-0.25, -0.2) is 9.79 Å². The summed E-state index contributed by atoms with van der Waals surface area (Å²) in [5.41, 5.74) is 2.10. The van der Waals surface area contributed by atoms with E-state index >= 15 is 0 Å². The Labute approximate surface area is 122 Å². The number of rotatable bonds is 3. The predicted octanol–water partition coefficient (Wildman–Crippen LogP) is 3.09. The van der Waals surface area contributed by atoms with Crippen LogP contribution in [-0.4, -0.2) is 16.9 Å². The van der Waals surface area contributed by atoms with Gasteiger partial charge in [0.05, 0.1) is 0 Å². The summed E-state index contributed by atoms with van der Waals surface area (Å²) >= 11 is 0. The summed E-state index contributed by atoms with van der Waals surface area (Å²) < 4.78 is 5.10. The Morgan fingerprint density at radius 2 is 1.76 bits per heavy atom. The SMILES string of the molecule is O=C1OC(C=Cc2ccccc2)=N/C1=C\c1cccnc1. The number of aliphatic imine (C=N–C) groups is 1. The molecular formula is C17H12N2O2. The van der Waals surface area contributed by atoms with Gasteiger partial charge >= 0.3 is 5.97 Å². The van der Waals surface area contributed by atoms with Crippen molar-refractivity contribution < 1.29 is 9.53 Å². The molecule has 0 saturated carbocycles. The van der Waals surface area contributed by atoms with E-state index in [9.17, 15) is 4.79 Å². The van der Waals surface area contributed by atoms with Gasteiger partial charge in [-0.15, -0.1) is 0 Å². The second-order valence-electron chi connectivity index (χ2n) is 4.40. The quantitative estimate of drug-likeness (QED) is 0.639. The zero-order valence-corrected chi connectivity index (χ0v) is 11.1. The van der Waals surface area contributed by atoms with E-state index in [4.69, 9.17) is 4.74 Å². The first-order valence-electron chi connectivity index (χ1n) is 6.47. The van der Waals surface area contributed by atoms with Gasteiger partial charge in [0.1, 0.15) is 0 Å². The Hall–Kier alpha value is -3.01. The molecule has 102 valence electrons. The summed E-state index contributed by atoms with van der Waals surface area (Å²) in [5, 5.41) is 0. The Morgan fingerprint density at radius 1 is 0.952 bits per heavy atom. The number of ether oxygens (including phenoxy) is 1. The Balaban J connectivity index is 1.80. The summed E-state index contributed by atoms with van der Waals surface area (Å²) in [4.78, 5) is 19.9. The molecule has 1 aromatic carbocycles. The second-order valence-corrected chi connectivity index (χ2v) is 4.40. The molecular weight excluding hydrogens is 264 g/mol. The van der Waals surface area contributed by atoms with Gasteiger partial charge in [-0.3, -0.25) is 4.98 Å². The Kier molecular flexibility index (Phi) is 3.69. The molecule has 0 unspecified atom stereocenters. The van der Waals surface area contributed by atoms with E-state index in [0.29, 0.717) is 5.90 Å². The lowest BCUT2D eigenvalue weighted by molar-refractivity contribution is -0.129. The van der Waals surface area contributed by atoms with Gasteiger partial charge in [0.2, 0.25) is 5.90 Å². The van der Waals surface area contributed by atoms with Gasteiger partial charge in [-0.1, -0.05) is 36.4 Å². The van der Waals surface area contributed by atoms with Crippen molar-refractivity contribution in [2.45, 2.75) is 0 Å². The molecule has 0 radical (unpaired) electrons. The van der Waals surface area contributed by atoms with E-state index < -0.39 is 5.97 Å². The number of nitrogens with zero attached hydrogens (tertiary/aromatic N) is 2. The zero-order valence-electron chi connectivity index (χ0n) is 11.1. The van der Waals surface area contributed by atoms with Crippen LogP contribution in [0.1, 0.15) is 11.1 Å². The largest absolute Gasteiger partial charge is 0.403 e. The first-order chi connectivity index (χ1) is 10.3. The molecule has 0 N–H and O–H groups in total. The Bertz CT molecular complexity index is 732. The lowest BCUT2D eigenvalue weighted by Crippen LogP contribution is -2.01. The normalized spacial score (nSPS) is 16.3. The fraction of sp³-hybridized carbons (Fsp3) is 0. The fourth-order valence-electron chi connectivity index (χ4n) is 1.85. The van der Waals surface area contributed by atoms with Crippen LogP contribution < -0.4 is 0 Å². The van der Waals surface area contributed by atoms with Gasteiger partial charge in [0, 0.05) is 18.5 Å². The molecule has 3 rings (SSSR count). The molecule has 0 atom stereocenters. The molecule has 0 fully saturated rings. The standard InChI is InChI=1S/C17H12N2O2/c20-17-15(11-14-7-4-10-18-12-14)19-16(21-17)9-8-13-5-2-1-3-6-13/h1-12H/b9-8?,15-11-. The highest BCUT2D eigenvalue weighted by molar-refractivity contribution is 6.11. The first kappa shape index (κ1) is 13.0. The van der Waals surface area contributed by atoms with E-state index in [1.165, 1.54) is 0 Å². The van der Waals surface area contributed by atoms with Crippen molar-refractivity contribution >= 4 is 24.0 Å². The number of esters is 1. The smallest absolute Gasteiger partial charge is 0.363 e. The Morgan fingerprint density at radius 3 is 2.52 bits per heavy atom. The van der Waals surface area contributed by atoms with Crippen molar-refractivity contribution in [2.24, 2.45) is 4.99 Å². The lowest BCUT2D eigenvalue weighted by Gasteiger charge is -1.92. The molecule has 2 aromatic rings. The summed E-state index contributed by atoms with van der Waals surface area (Å²) in [6.45, 7) is 0. The third kappa shape index (κ3) is 3.30. The molecule has 1 aliphatic rings. The van der Waals surface area contributed by atoms with Gasteiger partial charge in [0.15, 0.2) is 5.70 Å². The molecule has 1 aromatic heterocycles. The van der Waals surface area contributed by atoms with Crippen LogP contribution in [0.5, 0.6) is 0 Å². The molecule has 4 heteroatoms. The van der Waals surface area contributed by atoms with Crippen molar-refractivity contribution in [3.05, 3.63) is 77.8 Å². The van der Waals surface area contributed by atoms with Gasteiger partial charge in [-0.2, -0.15) is 0 Å². The number of cyclic esters (lactones) is 1. The van der Waals surface area contributed by atoms with E-state index in [0.717, 1.165) is 11.1 Å². The highest BCUT2D eigenvalue weighted by atomic mass is 16.6. The first-order valence-corrected chi connectivity index (χ1v) is 6.47. The summed E-state index contributed by atoms with van der Waals surface area (Å²) in [6.07, 6.45) is 8.51. The van der Waals surface area contributed by atoms with E-state index in [2.05, 4.69) is 9.98 Å². The minimum atomic E-state index is -0.452. The van der Waals surface area contributed by atoms with Crippen LogP contribution in [0.4, 0.5) is 0 Å². The van der Waals surface area contributed by atoms with Crippen LogP contribution in [0.25, 0.3) is 12.2 Å². The van der Waals surface area contributed by atoms with Crippen molar-refractivity contribution in [3.8, 4) is 0 Å². The van der Waals surface area contributed by atoms with E-state index in [-0.39, 0.29) is 5.70 Å². The number of hydrogen-bond donors (Lipinski definition) is 0.